The molecule has 1 radical (unpaired) electrons. The van der Waals surface area contributed by atoms with E-state index in [2.05, 4.69) is 59.3 Å². The summed E-state index contributed by atoms with van der Waals surface area (Å²) in [6, 6.07) is 4.74. The van der Waals surface area contributed by atoms with Crippen LogP contribution in [0.3, 0.4) is 0 Å². The molecule has 0 N–H and O–H groups in total. The molecule has 1 aliphatic carbocycles. The van der Waals surface area contributed by atoms with Gasteiger partial charge in [-0.1, -0.05) is 56.8 Å². The molecule has 2 aliphatic rings. The molecule has 0 saturated heterocycles. The molecule has 17 heavy (non-hydrogen) atoms. The fourth-order valence-electron chi connectivity index (χ4n) is 3.75. The second-order valence-corrected chi connectivity index (χ2v) is 11.3. The highest BCUT2D eigenvalue weighted by atomic mass is 28.3. The van der Waals surface area contributed by atoms with Crippen molar-refractivity contribution in [3.63, 3.8) is 0 Å². The van der Waals surface area contributed by atoms with Crippen LogP contribution in [0.15, 0.2) is 17.7 Å². The van der Waals surface area contributed by atoms with Crippen LogP contribution in [0.5, 0.6) is 0 Å². The molecule has 0 saturated carbocycles. The largest absolute Gasteiger partial charge is 0.113 e. The van der Waals surface area contributed by atoms with Gasteiger partial charge in [-0.3, -0.25) is 0 Å². The molecular weight excluding hydrogens is 220 g/mol. The number of fused-ring (bicyclic) bond motifs is 1. The van der Waals surface area contributed by atoms with E-state index in [0.29, 0.717) is 0 Å². The quantitative estimate of drug-likeness (QED) is 0.606. The lowest BCUT2D eigenvalue weighted by atomic mass is 9.83. The van der Waals surface area contributed by atoms with E-state index in [4.69, 9.17) is 0 Å². The number of hydrogen-bond acceptors (Lipinski definition) is 0. The lowest BCUT2D eigenvalue weighted by molar-refractivity contribution is 0.593. The fourth-order valence-corrected chi connectivity index (χ4v) is 7.60. The van der Waals surface area contributed by atoms with Gasteiger partial charge in [0.25, 0.3) is 0 Å². The zero-order valence-electron chi connectivity index (χ0n) is 11.7. The highest BCUT2D eigenvalue weighted by Gasteiger charge is 2.46. The third-order valence-corrected chi connectivity index (χ3v) is 7.96. The van der Waals surface area contributed by atoms with E-state index in [1.54, 1.807) is 21.5 Å². The van der Waals surface area contributed by atoms with Gasteiger partial charge in [0, 0.05) is 6.42 Å². The predicted octanol–water partition coefficient (Wildman–Crippen LogP) is 3.79. The Morgan fingerprint density at radius 2 is 1.71 bits per heavy atom. The van der Waals surface area contributed by atoms with E-state index >= 15 is 0 Å². The first-order valence-electron chi connectivity index (χ1n) is 6.49. The van der Waals surface area contributed by atoms with Gasteiger partial charge in [-0.2, -0.15) is 0 Å². The molecule has 1 aromatic carbocycles. The van der Waals surface area contributed by atoms with E-state index < -0.39 is 8.07 Å². The van der Waals surface area contributed by atoms with Crippen LogP contribution >= 0.6 is 0 Å². The number of hydrogen-bond donors (Lipinski definition) is 0. The van der Waals surface area contributed by atoms with Crippen LogP contribution in [-0.2, 0) is 5.41 Å². The van der Waals surface area contributed by atoms with E-state index in [9.17, 15) is 0 Å². The van der Waals surface area contributed by atoms with Crippen molar-refractivity contribution in [3.05, 3.63) is 40.8 Å². The molecule has 0 fully saturated rings. The Bertz CT molecular complexity index is 554. The van der Waals surface area contributed by atoms with Crippen molar-refractivity contribution >= 4 is 18.5 Å². The minimum atomic E-state index is -1.41. The van der Waals surface area contributed by atoms with Crippen LogP contribution in [-0.4, -0.2) is 8.07 Å². The van der Waals surface area contributed by atoms with Crippen LogP contribution in [0.4, 0.5) is 0 Å². The molecule has 0 atom stereocenters. The Labute approximate surface area is 106 Å². The lowest BCUT2D eigenvalue weighted by Gasteiger charge is -2.25. The Morgan fingerprint density at radius 3 is 2.29 bits per heavy atom. The Morgan fingerprint density at radius 1 is 1.06 bits per heavy atom. The first-order valence-corrected chi connectivity index (χ1v) is 9.49. The van der Waals surface area contributed by atoms with E-state index in [1.165, 1.54) is 11.1 Å². The Kier molecular flexibility index (Phi) is 1.95. The van der Waals surface area contributed by atoms with Crippen molar-refractivity contribution in [2.45, 2.75) is 46.2 Å². The molecule has 89 valence electrons. The van der Waals surface area contributed by atoms with Gasteiger partial charge in [-0.25, -0.2) is 0 Å². The maximum absolute atomic E-state index is 2.51. The van der Waals surface area contributed by atoms with Gasteiger partial charge < -0.3 is 0 Å². The average molecular weight is 241 g/mol. The molecule has 1 aliphatic heterocycles. The fraction of sp³-hybridized carbons (Fsp3) is 0.438. The highest BCUT2D eigenvalue weighted by molar-refractivity contribution is 7.06. The SMILES string of the molecule is CC1=C2c3c(ccc(c3C(C)(C)C)[Si]2(C)C)[CH]1. The van der Waals surface area contributed by atoms with Crippen LogP contribution < -0.4 is 5.19 Å². The minimum absolute atomic E-state index is 0.269. The molecule has 0 aromatic heterocycles. The van der Waals surface area contributed by atoms with Gasteiger partial charge in [0.05, 0.1) is 0 Å². The lowest BCUT2D eigenvalue weighted by Crippen LogP contribution is -2.41. The molecule has 0 unspecified atom stereocenters. The normalized spacial score (nSPS) is 20.4. The summed E-state index contributed by atoms with van der Waals surface area (Å²) in [5.41, 5.74) is 6.49. The zero-order valence-corrected chi connectivity index (χ0v) is 12.7. The van der Waals surface area contributed by atoms with Crippen molar-refractivity contribution in [2.75, 3.05) is 0 Å². The third kappa shape index (κ3) is 1.24. The summed E-state index contributed by atoms with van der Waals surface area (Å²) in [7, 11) is -1.41. The van der Waals surface area contributed by atoms with Crippen LogP contribution in [0.25, 0.3) is 5.20 Å². The first kappa shape index (κ1) is 11.3. The van der Waals surface area contributed by atoms with Crippen molar-refractivity contribution < 1.29 is 0 Å². The maximum atomic E-state index is 2.51. The smallest absolute Gasteiger partial charge is 0.0646 e. The van der Waals surface area contributed by atoms with Gasteiger partial charge >= 0.3 is 0 Å². The number of allylic oxidation sites excluding steroid dienone is 1. The number of benzene rings is 1. The molecule has 1 heteroatoms. The summed E-state index contributed by atoms with van der Waals surface area (Å²) in [5, 5.41) is 3.38. The minimum Gasteiger partial charge on any atom is -0.0646 e. The molecular formula is C16H21Si. The standard InChI is InChI=1S/C16H21Si/c1-10-9-11-7-8-12-14(16(2,3)4)13(11)15(10)17(12,5)6/h7-9H,1-6H3. The summed E-state index contributed by atoms with van der Waals surface area (Å²) in [5.74, 6) is 0. The summed E-state index contributed by atoms with van der Waals surface area (Å²) >= 11 is 0. The Balaban J connectivity index is 2.44. The summed E-state index contributed by atoms with van der Waals surface area (Å²) in [6.45, 7) is 14.4. The van der Waals surface area contributed by atoms with Crippen molar-refractivity contribution in [1.29, 1.82) is 0 Å². The second kappa shape index (κ2) is 2.95. The molecule has 0 amide bonds. The van der Waals surface area contributed by atoms with Gasteiger partial charge in [0.2, 0.25) is 0 Å². The third-order valence-electron chi connectivity index (χ3n) is 4.30. The number of rotatable bonds is 0. The predicted molar refractivity (Wildman–Crippen MR) is 78.3 cm³/mol. The first-order chi connectivity index (χ1) is 7.74. The van der Waals surface area contributed by atoms with Gasteiger partial charge in [-0.15, -0.1) is 0 Å². The molecule has 0 spiro atoms. The van der Waals surface area contributed by atoms with E-state index in [1.807, 2.05) is 0 Å². The highest BCUT2D eigenvalue weighted by Crippen LogP contribution is 2.49. The van der Waals surface area contributed by atoms with E-state index in [0.717, 1.165) is 0 Å². The van der Waals surface area contributed by atoms with Crippen molar-refractivity contribution in [2.24, 2.45) is 0 Å². The van der Waals surface area contributed by atoms with Crippen LogP contribution in [0.1, 0.15) is 44.4 Å². The summed E-state index contributed by atoms with van der Waals surface area (Å²) in [4.78, 5) is 0. The van der Waals surface area contributed by atoms with E-state index in [-0.39, 0.29) is 5.41 Å². The molecule has 1 heterocycles. The average Bonchev–Trinajstić information content (AvgIpc) is 2.57. The molecule has 0 nitrogen and oxygen atoms in total. The van der Waals surface area contributed by atoms with Crippen molar-refractivity contribution in [1.82, 2.24) is 0 Å². The van der Waals surface area contributed by atoms with Gasteiger partial charge in [0.15, 0.2) is 0 Å². The maximum Gasteiger partial charge on any atom is 0.113 e. The topological polar surface area (TPSA) is 0 Å². The summed E-state index contributed by atoms with van der Waals surface area (Å²) < 4.78 is 0. The zero-order chi connectivity index (χ0) is 12.6. The van der Waals surface area contributed by atoms with Gasteiger partial charge in [-0.05, 0) is 34.2 Å². The van der Waals surface area contributed by atoms with Crippen LogP contribution in [0.2, 0.25) is 13.1 Å². The Hall–Kier alpha value is -0.823. The monoisotopic (exact) mass is 241 g/mol. The molecule has 1 aromatic rings. The molecule has 3 rings (SSSR count). The van der Waals surface area contributed by atoms with Crippen molar-refractivity contribution in [3.8, 4) is 0 Å². The summed E-state index contributed by atoms with van der Waals surface area (Å²) in [6.07, 6.45) is 2.39. The van der Waals surface area contributed by atoms with Crippen LogP contribution in [0, 0.1) is 6.42 Å². The molecule has 2 bridgehead atoms. The van der Waals surface area contributed by atoms with Gasteiger partial charge in [0.1, 0.15) is 8.07 Å². The second-order valence-electron chi connectivity index (χ2n) is 7.03.